The van der Waals surface area contributed by atoms with Gasteiger partial charge < -0.3 is 14.2 Å². The Morgan fingerprint density at radius 2 is 1.86 bits per heavy atom. The van der Waals surface area contributed by atoms with Gasteiger partial charge >= 0.3 is 5.97 Å². The first-order valence-electron chi connectivity index (χ1n) is 6.79. The molecule has 0 aliphatic carbocycles. The number of aryl methyl sites for hydroxylation is 1. The third kappa shape index (κ3) is 1.77. The number of rotatable bonds is 2. The zero-order valence-corrected chi connectivity index (χ0v) is 12.1. The minimum absolute atomic E-state index is 0.000263. The molecule has 0 atom stereocenters. The number of aromatic carboxylic acids is 1. The molecule has 5 nitrogen and oxygen atoms in total. The van der Waals surface area contributed by atoms with Crippen molar-refractivity contribution in [2.24, 2.45) is 7.05 Å². The van der Waals surface area contributed by atoms with Crippen LogP contribution in [0.25, 0.3) is 21.8 Å². The second-order valence-corrected chi connectivity index (χ2v) is 5.44. The summed E-state index contributed by atoms with van der Waals surface area (Å²) in [6, 6.07) is 9.05. The van der Waals surface area contributed by atoms with Crippen LogP contribution in [0.2, 0.25) is 0 Å². The fourth-order valence-corrected chi connectivity index (χ4v) is 2.93. The summed E-state index contributed by atoms with van der Waals surface area (Å²) in [5.41, 5.74) is 1.46. The molecule has 0 saturated carbocycles. The zero-order valence-electron chi connectivity index (χ0n) is 12.1. The van der Waals surface area contributed by atoms with Crippen molar-refractivity contribution in [1.29, 1.82) is 0 Å². The Labute approximate surface area is 121 Å². The van der Waals surface area contributed by atoms with E-state index < -0.39 is 5.97 Å². The lowest BCUT2D eigenvalue weighted by atomic mass is 10.1. The number of hydrogen-bond donors (Lipinski definition) is 1. The molecule has 0 spiro atoms. The highest BCUT2D eigenvalue weighted by Crippen LogP contribution is 2.26. The largest absolute Gasteiger partial charge is 0.477 e. The van der Waals surface area contributed by atoms with Crippen LogP contribution in [0.5, 0.6) is 0 Å². The summed E-state index contributed by atoms with van der Waals surface area (Å²) in [6.07, 6.45) is 0. The smallest absolute Gasteiger partial charge is 0.352 e. The minimum atomic E-state index is -1.03. The van der Waals surface area contributed by atoms with Crippen LogP contribution in [0, 0.1) is 0 Å². The summed E-state index contributed by atoms with van der Waals surface area (Å²) in [5, 5.41) is 10.6. The summed E-state index contributed by atoms with van der Waals surface area (Å²) in [5.74, 6) is -1.03. The monoisotopic (exact) mass is 284 g/mol. The van der Waals surface area contributed by atoms with Gasteiger partial charge in [0, 0.05) is 18.5 Å². The SMILES string of the molecule is CC(C)n1c(=O)c2cc(C(=O)O)n(C)c2c2ccccc21. The number of para-hydroxylation sites is 1. The normalized spacial score (nSPS) is 11.6. The first-order chi connectivity index (χ1) is 9.93. The van der Waals surface area contributed by atoms with E-state index in [-0.39, 0.29) is 17.3 Å². The predicted octanol–water partition coefficient (Wildman–Crippen LogP) is 2.77. The Bertz CT molecular complexity index is 932. The number of carboxylic acid groups (broad SMARTS) is 1. The number of pyridine rings is 1. The zero-order chi connectivity index (χ0) is 15.3. The van der Waals surface area contributed by atoms with E-state index in [1.54, 1.807) is 16.2 Å². The molecule has 3 aromatic rings. The number of aromatic nitrogens is 2. The summed E-state index contributed by atoms with van der Waals surface area (Å²) in [4.78, 5) is 24.1. The highest BCUT2D eigenvalue weighted by Gasteiger charge is 2.19. The Hall–Kier alpha value is -2.56. The molecular formula is C16H16N2O3. The van der Waals surface area contributed by atoms with Crippen molar-refractivity contribution in [2.45, 2.75) is 19.9 Å². The second kappa shape index (κ2) is 4.48. The van der Waals surface area contributed by atoms with Gasteiger partial charge in [-0.2, -0.15) is 0 Å². The van der Waals surface area contributed by atoms with Gasteiger partial charge in [0.2, 0.25) is 0 Å². The van der Waals surface area contributed by atoms with Crippen LogP contribution < -0.4 is 5.56 Å². The maximum absolute atomic E-state index is 12.7. The molecule has 108 valence electrons. The second-order valence-electron chi connectivity index (χ2n) is 5.44. The van der Waals surface area contributed by atoms with E-state index >= 15 is 0 Å². The van der Waals surface area contributed by atoms with Gasteiger partial charge in [0.05, 0.1) is 16.4 Å². The lowest BCUT2D eigenvalue weighted by molar-refractivity contribution is 0.0687. The van der Waals surface area contributed by atoms with E-state index in [9.17, 15) is 14.7 Å². The molecule has 5 heteroatoms. The number of carboxylic acids is 1. The molecule has 0 fully saturated rings. The van der Waals surface area contributed by atoms with Gasteiger partial charge in [0.1, 0.15) is 5.69 Å². The molecule has 0 amide bonds. The topological polar surface area (TPSA) is 64.2 Å². The fourth-order valence-electron chi connectivity index (χ4n) is 2.93. The van der Waals surface area contributed by atoms with Crippen molar-refractivity contribution in [3.05, 3.63) is 46.4 Å². The van der Waals surface area contributed by atoms with E-state index in [0.29, 0.717) is 10.9 Å². The third-order valence-corrected chi connectivity index (χ3v) is 3.84. The fraction of sp³-hybridized carbons (Fsp3) is 0.250. The molecular weight excluding hydrogens is 268 g/mol. The molecule has 0 unspecified atom stereocenters. The van der Waals surface area contributed by atoms with E-state index in [4.69, 9.17) is 0 Å². The van der Waals surface area contributed by atoms with Gasteiger partial charge in [-0.25, -0.2) is 4.79 Å². The van der Waals surface area contributed by atoms with Crippen molar-refractivity contribution in [2.75, 3.05) is 0 Å². The van der Waals surface area contributed by atoms with Crippen LogP contribution in [0.15, 0.2) is 35.1 Å². The Morgan fingerprint density at radius 1 is 1.19 bits per heavy atom. The first-order valence-corrected chi connectivity index (χ1v) is 6.79. The van der Waals surface area contributed by atoms with E-state index in [1.165, 1.54) is 6.07 Å². The van der Waals surface area contributed by atoms with Crippen molar-refractivity contribution in [3.63, 3.8) is 0 Å². The number of carbonyl (C=O) groups is 1. The molecule has 1 N–H and O–H groups in total. The standard InChI is InChI=1S/C16H16N2O3/c1-9(2)18-12-7-5-4-6-10(12)14-11(15(18)19)8-13(16(20)21)17(14)3/h4-9H,1-3H3,(H,20,21). The van der Waals surface area contributed by atoms with Crippen LogP contribution in [-0.2, 0) is 7.05 Å². The molecule has 0 aliphatic heterocycles. The quantitative estimate of drug-likeness (QED) is 0.787. The predicted molar refractivity (Wildman–Crippen MR) is 82.0 cm³/mol. The molecule has 21 heavy (non-hydrogen) atoms. The summed E-state index contributed by atoms with van der Waals surface area (Å²) >= 11 is 0. The lowest BCUT2D eigenvalue weighted by Crippen LogP contribution is -2.22. The third-order valence-electron chi connectivity index (χ3n) is 3.84. The van der Waals surface area contributed by atoms with E-state index in [1.807, 2.05) is 38.1 Å². The van der Waals surface area contributed by atoms with E-state index in [2.05, 4.69) is 0 Å². The minimum Gasteiger partial charge on any atom is -0.477 e. The highest BCUT2D eigenvalue weighted by atomic mass is 16.4. The van der Waals surface area contributed by atoms with Gasteiger partial charge in [-0.05, 0) is 26.0 Å². The van der Waals surface area contributed by atoms with Crippen molar-refractivity contribution < 1.29 is 9.90 Å². The van der Waals surface area contributed by atoms with Gasteiger partial charge in [-0.15, -0.1) is 0 Å². The van der Waals surface area contributed by atoms with Crippen LogP contribution in [-0.4, -0.2) is 20.2 Å². The Balaban J connectivity index is 2.65. The average molecular weight is 284 g/mol. The van der Waals surface area contributed by atoms with E-state index in [0.717, 1.165) is 10.9 Å². The van der Waals surface area contributed by atoms with Gasteiger partial charge in [0.15, 0.2) is 0 Å². The van der Waals surface area contributed by atoms with Crippen molar-refractivity contribution in [3.8, 4) is 0 Å². The van der Waals surface area contributed by atoms with Crippen LogP contribution >= 0.6 is 0 Å². The van der Waals surface area contributed by atoms with Gasteiger partial charge in [0.25, 0.3) is 5.56 Å². The summed E-state index contributed by atoms with van der Waals surface area (Å²) in [6.45, 7) is 3.89. The summed E-state index contributed by atoms with van der Waals surface area (Å²) < 4.78 is 3.29. The molecule has 3 rings (SSSR count). The Morgan fingerprint density at radius 3 is 2.48 bits per heavy atom. The molecule has 2 aromatic heterocycles. The maximum atomic E-state index is 12.7. The van der Waals surface area contributed by atoms with Gasteiger partial charge in [-0.3, -0.25) is 4.79 Å². The van der Waals surface area contributed by atoms with Gasteiger partial charge in [-0.1, -0.05) is 18.2 Å². The number of hydrogen-bond acceptors (Lipinski definition) is 2. The number of fused-ring (bicyclic) bond motifs is 3. The number of benzene rings is 1. The summed E-state index contributed by atoms with van der Waals surface area (Å²) in [7, 11) is 1.68. The van der Waals surface area contributed by atoms with Crippen LogP contribution in [0.3, 0.4) is 0 Å². The molecule has 0 radical (unpaired) electrons. The molecule has 0 saturated heterocycles. The molecule has 0 bridgehead atoms. The van der Waals surface area contributed by atoms with Crippen molar-refractivity contribution in [1.82, 2.24) is 9.13 Å². The van der Waals surface area contributed by atoms with Crippen molar-refractivity contribution >= 4 is 27.8 Å². The first kappa shape index (κ1) is 13.4. The van der Waals surface area contributed by atoms with Crippen LogP contribution in [0.1, 0.15) is 30.4 Å². The molecule has 1 aromatic carbocycles. The van der Waals surface area contributed by atoms with Crippen LogP contribution in [0.4, 0.5) is 0 Å². The lowest BCUT2D eigenvalue weighted by Gasteiger charge is -2.15. The average Bonchev–Trinajstić information content (AvgIpc) is 2.77. The number of nitrogens with zero attached hydrogens (tertiary/aromatic N) is 2. The maximum Gasteiger partial charge on any atom is 0.352 e. The Kier molecular flexibility index (Phi) is 2.86. The molecule has 0 aliphatic rings. The highest BCUT2D eigenvalue weighted by molar-refractivity contribution is 6.07. The molecule has 2 heterocycles.